The van der Waals surface area contributed by atoms with Crippen molar-refractivity contribution < 1.29 is 23.8 Å². The van der Waals surface area contributed by atoms with Crippen LogP contribution in [0.2, 0.25) is 0 Å². The summed E-state index contributed by atoms with van der Waals surface area (Å²) in [7, 11) is 0. The number of fused-ring (bicyclic) bond motifs is 9. The molecule has 2 N–H and O–H groups in total. The van der Waals surface area contributed by atoms with Crippen molar-refractivity contribution in [2.24, 2.45) is 29.6 Å². The Kier molecular flexibility index (Phi) is 5.10. The van der Waals surface area contributed by atoms with Gasteiger partial charge in [-0.3, -0.25) is 19.3 Å². The molecule has 0 unspecified atom stereocenters. The summed E-state index contributed by atoms with van der Waals surface area (Å²) in [5.41, 5.74) is 1.32. The maximum atomic E-state index is 13.7. The highest BCUT2D eigenvalue weighted by molar-refractivity contribution is 8.00. The second-order valence-corrected chi connectivity index (χ2v) is 12.3. The first-order valence-corrected chi connectivity index (χ1v) is 14.1. The molecular weight excluding hydrogens is 515 g/mol. The second kappa shape index (κ2) is 8.19. The van der Waals surface area contributed by atoms with E-state index in [4.69, 9.17) is 4.74 Å². The Balaban J connectivity index is 1.32. The summed E-state index contributed by atoms with van der Waals surface area (Å²) in [5, 5.41) is 11.2. The van der Waals surface area contributed by atoms with Gasteiger partial charge in [0.25, 0.3) is 0 Å². The number of hydrogen-bond acceptors (Lipinski definition) is 7. The van der Waals surface area contributed by atoms with Crippen molar-refractivity contribution in [1.82, 2.24) is 4.98 Å². The van der Waals surface area contributed by atoms with Gasteiger partial charge < -0.3 is 14.8 Å². The zero-order valence-electron chi connectivity index (χ0n) is 19.7. The summed E-state index contributed by atoms with van der Waals surface area (Å²) in [6.45, 7) is 2.25. The van der Waals surface area contributed by atoms with E-state index in [0.717, 1.165) is 21.9 Å². The monoisotopic (exact) mass is 538 g/mol. The van der Waals surface area contributed by atoms with E-state index in [-0.39, 0.29) is 51.4 Å². The Morgan fingerprint density at radius 1 is 1.08 bits per heavy atom. The third kappa shape index (κ3) is 3.21. The number of phenolic OH excluding ortho intramolecular Hbond substituents is 1. The lowest BCUT2D eigenvalue weighted by molar-refractivity contribution is -0.123. The number of benzene rings is 2. The zero-order valence-corrected chi connectivity index (χ0v) is 21.4. The third-order valence-corrected chi connectivity index (χ3v) is 11.0. The summed E-state index contributed by atoms with van der Waals surface area (Å²) in [5.74, 6) is -1.43. The molecule has 0 radical (unpaired) electrons. The van der Waals surface area contributed by atoms with Crippen molar-refractivity contribution >= 4 is 40.6 Å². The first-order chi connectivity index (χ1) is 17.9. The van der Waals surface area contributed by atoms with Crippen LogP contribution in [0, 0.1) is 35.4 Å². The van der Waals surface area contributed by atoms with E-state index in [1.165, 1.54) is 40.5 Å². The normalized spacial score (nSPS) is 31.4. The lowest BCUT2D eigenvalue weighted by Crippen LogP contribution is -2.42. The van der Waals surface area contributed by atoms with E-state index in [0.29, 0.717) is 18.0 Å². The van der Waals surface area contributed by atoms with Gasteiger partial charge in [0.15, 0.2) is 11.5 Å². The number of anilines is 1. The first-order valence-electron chi connectivity index (χ1n) is 12.4. The zero-order chi connectivity index (χ0) is 25.6. The fraction of sp³-hybridized carbons (Fsp3) is 0.370. The number of phenols is 1. The molecular formula is C27H23FN2O5S2. The molecule has 7 atom stereocenters. The van der Waals surface area contributed by atoms with Gasteiger partial charge in [0, 0.05) is 16.0 Å². The summed E-state index contributed by atoms with van der Waals surface area (Å²) in [6, 6.07) is 10.8. The van der Waals surface area contributed by atoms with Gasteiger partial charge in [-0.05, 0) is 73.1 Å². The molecule has 0 spiro atoms. The number of ether oxygens (including phenoxy) is 1. The summed E-state index contributed by atoms with van der Waals surface area (Å²) in [4.78, 5) is 44.8. The molecule has 2 aliphatic heterocycles. The van der Waals surface area contributed by atoms with Gasteiger partial charge in [-0.15, -0.1) is 11.8 Å². The Morgan fingerprint density at radius 3 is 2.54 bits per heavy atom. The van der Waals surface area contributed by atoms with Gasteiger partial charge in [0.1, 0.15) is 5.82 Å². The number of rotatable bonds is 4. The average molecular weight is 539 g/mol. The minimum atomic E-state index is -0.437. The molecule has 1 aromatic heterocycles. The van der Waals surface area contributed by atoms with E-state index in [1.807, 2.05) is 19.1 Å². The number of nitrogens with one attached hydrogen (secondary N) is 1. The first kappa shape index (κ1) is 23.0. The Hall–Kier alpha value is -3.11. The van der Waals surface area contributed by atoms with Gasteiger partial charge in [-0.2, -0.15) is 0 Å². The van der Waals surface area contributed by atoms with Crippen molar-refractivity contribution in [2.75, 3.05) is 11.5 Å². The number of aromatic hydroxyl groups is 1. The van der Waals surface area contributed by atoms with Crippen LogP contribution in [0.4, 0.5) is 10.1 Å². The standard InChI is InChI=1S/C27H23FN2O5S2/c1-2-35-17-9-11(3-8-16(17)31)18-19-14-10-15(22(19)36-24-23(18)37-27(34)29-24)21-20(14)25(32)30(26(21)33)13-6-4-12(28)5-7-13/h3-9,14-15,18-22,31H,2,10H2,1H3,(H,29,34)/t14-,15-,18+,19+,20+,21+,22-/m1/s1. The predicted molar refractivity (Wildman–Crippen MR) is 137 cm³/mol. The van der Waals surface area contributed by atoms with Gasteiger partial charge in [-0.25, -0.2) is 4.39 Å². The van der Waals surface area contributed by atoms with Gasteiger partial charge in [0.05, 0.1) is 29.2 Å². The third-order valence-electron chi connectivity index (χ3n) is 8.45. The molecule has 7 nitrogen and oxygen atoms in total. The highest BCUT2D eigenvalue weighted by Gasteiger charge is 2.69. The molecule has 2 aromatic carbocycles. The van der Waals surface area contributed by atoms with Crippen molar-refractivity contribution in [3.05, 3.63) is 68.4 Å². The number of hydrogen-bond donors (Lipinski definition) is 2. The molecule has 2 aliphatic carbocycles. The van der Waals surface area contributed by atoms with Crippen LogP contribution in [-0.4, -0.2) is 33.8 Å². The molecule has 7 rings (SSSR count). The minimum absolute atomic E-state index is 0.00516. The molecule has 2 bridgehead atoms. The maximum Gasteiger partial charge on any atom is 0.305 e. The van der Waals surface area contributed by atoms with Crippen LogP contribution in [0.15, 0.2) is 52.3 Å². The van der Waals surface area contributed by atoms with E-state index in [2.05, 4.69) is 4.98 Å². The number of thiazole rings is 1. The van der Waals surface area contributed by atoms with Gasteiger partial charge >= 0.3 is 4.87 Å². The predicted octanol–water partition coefficient (Wildman–Crippen LogP) is 4.36. The quantitative estimate of drug-likeness (QED) is 0.479. The van der Waals surface area contributed by atoms with Crippen LogP contribution in [0.3, 0.4) is 0 Å². The Labute approximate surface area is 219 Å². The molecule has 190 valence electrons. The number of H-pyrrole nitrogens is 1. The molecule has 4 aliphatic rings. The fourth-order valence-electron chi connectivity index (χ4n) is 7.23. The molecule has 3 heterocycles. The number of imide groups is 1. The molecule has 3 fully saturated rings. The number of nitrogens with zero attached hydrogens (tertiary/aromatic N) is 1. The lowest BCUT2D eigenvalue weighted by Gasteiger charge is -2.43. The van der Waals surface area contributed by atoms with Crippen LogP contribution in [-0.2, 0) is 9.59 Å². The Morgan fingerprint density at radius 2 is 1.81 bits per heavy atom. The van der Waals surface area contributed by atoms with Crippen molar-refractivity contribution in [3.8, 4) is 11.5 Å². The average Bonchev–Trinajstić information content (AvgIpc) is 3.60. The van der Waals surface area contributed by atoms with Crippen LogP contribution < -0.4 is 14.5 Å². The summed E-state index contributed by atoms with van der Waals surface area (Å²) >= 11 is 2.81. The van der Waals surface area contributed by atoms with Crippen LogP contribution >= 0.6 is 23.1 Å². The molecule has 37 heavy (non-hydrogen) atoms. The number of aromatic amines is 1. The van der Waals surface area contributed by atoms with Crippen LogP contribution in [0.1, 0.15) is 29.7 Å². The maximum absolute atomic E-state index is 13.7. The second-order valence-electron chi connectivity index (χ2n) is 10.1. The van der Waals surface area contributed by atoms with Crippen LogP contribution in [0.25, 0.3) is 0 Å². The SMILES string of the molecule is CCOc1cc([C@@H]2c3sc(=O)[nH]c3S[C@@H]3[C@@H]4C[C@@H]([C@@H]5C(=O)N(c6ccc(F)cc6)C(=O)[C@@H]45)[C@@H]23)ccc1O. The molecule has 1 saturated heterocycles. The number of thioether (sulfide) groups is 1. The number of amides is 2. The topological polar surface area (TPSA) is 99.7 Å². The number of halogens is 1. The summed E-state index contributed by atoms with van der Waals surface area (Å²) in [6.07, 6.45) is 0.776. The number of aromatic nitrogens is 1. The molecule has 2 saturated carbocycles. The van der Waals surface area contributed by atoms with Crippen LogP contribution in [0.5, 0.6) is 11.5 Å². The lowest BCUT2D eigenvalue weighted by atomic mass is 9.68. The smallest absolute Gasteiger partial charge is 0.305 e. The van der Waals surface area contributed by atoms with Crippen molar-refractivity contribution in [3.63, 3.8) is 0 Å². The Bertz CT molecular complexity index is 1500. The summed E-state index contributed by atoms with van der Waals surface area (Å²) < 4.78 is 19.2. The van der Waals surface area contributed by atoms with Gasteiger partial charge in [0.2, 0.25) is 11.8 Å². The van der Waals surface area contributed by atoms with E-state index >= 15 is 0 Å². The molecule has 10 heteroatoms. The fourth-order valence-corrected chi connectivity index (χ4v) is 10.1. The van der Waals surface area contributed by atoms with Crippen molar-refractivity contribution in [2.45, 2.75) is 29.5 Å². The minimum Gasteiger partial charge on any atom is -0.504 e. The largest absolute Gasteiger partial charge is 0.504 e. The van der Waals surface area contributed by atoms with E-state index < -0.39 is 17.7 Å². The number of carbonyl (C=O) groups excluding carboxylic acids is 2. The van der Waals surface area contributed by atoms with E-state index in [9.17, 15) is 23.9 Å². The highest BCUT2D eigenvalue weighted by Crippen LogP contribution is 2.68. The molecule has 2 amide bonds. The van der Waals surface area contributed by atoms with Gasteiger partial charge in [-0.1, -0.05) is 17.4 Å². The highest BCUT2D eigenvalue weighted by atomic mass is 32.2. The van der Waals surface area contributed by atoms with E-state index in [1.54, 1.807) is 17.8 Å². The molecule has 3 aromatic rings. The van der Waals surface area contributed by atoms with Crippen molar-refractivity contribution in [1.29, 1.82) is 0 Å². The number of carbonyl (C=O) groups is 2.